The van der Waals surface area contributed by atoms with E-state index in [1.165, 1.54) is 18.5 Å². The Bertz CT molecular complexity index is 1070. The second kappa shape index (κ2) is 14.1. The number of amides is 3. The number of imidazole rings is 1. The minimum Gasteiger partial charge on any atom is -0.508 e. The van der Waals surface area contributed by atoms with Gasteiger partial charge < -0.3 is 36.9 Å². The number of hydrogen-bond donors (Lipinski definition) is 7. The van der Waals surface area contributed by atoms with Crippen LogP contribution in [-0.2, 0) is 32.0 Å². The first-order valence-corrected chi connectivity index (χ1v) is 12.6. The Kier molecular flexibility index (Phi) is 11.3. The molecule has 0 aliphatic carbocycles. The van der Waals surface area contributed by atoms with Crippen LogP contribution in [0.25, 0.3) is 0 Å². The zero-order valence-electron chi connectivity index (χ0n) is 22.1. The molecule has 12 nitrogen and oxygen atoms in total. The van der Waals surface area contributed by atoms with E-state index in [1.807, 2.05) is 6.92 Å². The van der Waals surface area contributed by atoms with Crippen LogP contribution in [0.15, 0.2) is 36.8 Å². The quantitative estimate of drug-likeness (QED) is 0.183. The van der Waals surface area contributed by atoms with Gasteiger partial charge in [-0.05, 0) is 29.5 Å². The second-order valence-corrected chi connectivity index (χ2v) is 9.76. The molecule has 1 aromatic heterocycles. The molecule has 0 spiro atoms. The number of aromatic nitrogens is 2. The molecule has 12 heteroatoms. The van der Waals surface area contributed by atoms with Gasteiger partial charge in [-0.3, -0.25) is 14.4 Å². The van der Waals surface area contributed by atoms with E-state index in [0.29, 0.717) is 17.7 Å². The number of phenolic OH excluding ortho intramolecular Hbond substituents is 1. The van der Waals surface area contributed by atoms with Gasteiger partial charge in [-0.15, -0.1) is 0 Å². The number of benzene rings is 1. The van der Waals surface area contributed by atoms with Crippen molar-refractivity contribution >= 4 is 23.7 Å². The number of aliphatic carboxylic acids is 1. The van der Waals surface area contributed by atoms with Crippen LogP contribution in [0.3, 0.4) is 0 Å². The van der Waals surface area contributed by atoms with Crippen LogP contribution >= 0.6 is 0 Å². The Morgan fingerprint density at radius 3 is 2.08 bits per heavy atom. The average molecular weight is 531 g/mol. The lowest BCUT2D eigenvalue weighted by molar-refractivity contribution is -0.142. The lowest BCUT2D eigenvalue weighted by Gasteiger charge is -2.29. The van der Waals surface area contributed by atoms with E-state index < -0.39 is 47.9 Å². The number of phenols is 1. The summed E-state index contributed by atoms with van der Waals surface area (Å²) in [6, 6.07) is 1.80. The summed E-state index contributed by atoms with van der Waals surface area (Å²) in [7, 11) is 0. The monoisotopic (exact) mass is 530 g/mol. The van der Waals surface area contributed by atoms with Gasteiger partial charge in [0.2, 0.25) is 17.7 Å². The summed E-state index contributed by atoms with van der Waals surface area (Å²) in [6.45, 7) is 7.11. The molecular weight excluding hydrogens is 492 g/mol. The molecule has 2 rings (SSSR count). The number of carboxylic acids is 1. The molecule has 0 fully saturated rings. The minimum atomic E-state index is -1.25. The number of carbonyl (C=O) groups excluding carboxylic acids is 3. The number of nitrogens with two attached hydrogens (primary N) is 1. The van der Waals surface area contributed by atoms with E-state index in [-0.39, 0.29) is 30.4 Å². The molecule has 208 valence electrons. The smallest absolute Gasteiger partial charge is 0.326 e. The first-order valence-electron chi connectivity index (χ1n) is 12.6. The molecule has 0 radical (unpaired) electrons. The van der Waals surface area contributed by atoms with Gasteiger partial charge in [0.15, 0.2) is 0 Å². The molecule has 38 heavy (non-hydrogen) atoms. The first-order chi connectivity index (χ1) is 17.9. The Balaban J connectivity index is 2.11. The maximum Gasteiger partial charge on any atom is 0.326 e. The Morgan fingerprint density at radius 1 is 0.947 bits per heavy atom. The van der Waals surface area contributed by atoms with Crippen molar-refractivity contribution in [3.63, 3.8) is 0 Å². The number of carboxylic acid groups (broad SMARTS) is 1. The average Bonchev–Trinajstić information content (AvgIpc) is 3.38. The topological polar surface area (TPSA) is 200 Å². The van der Waals surface area contributed by atoms with E-state index in [4.69, 9.17) is 5.73 Å². The lowest BCUT2D eigenvalue weighted by Crippen LogP contribution is -2.60. The number of nitrogens with one attached hydrogen (secondary N) is 4. The van der Waals surface area contributed by atoms with Gasteiger partial charge in [0.05, 0.1) is 12.4 Å². The van der Waals surface area contributed by atoms with Gasteiger partial charge in [-0.25, -0.2) is 9.78 Å². The molecule has 3 amide bonds. The number of hydrogen-bond acceptors (Lipinski definition) is 7. The van der Waals surface area contributed by atoms with Gasteiger partial charge in [0, 0.05) is 24.7 Å². The van der Waals surface area contributed by atoms with Crippen molar-refractivity contribution in [2.75, 3.05) is 0 Å². The predicted molar refractivity (Wildman–Crippen MR) is 140 cm³/mol. The molecule has 0 aliphatic rings. The highest BCUT2D eigenvalue weighted by Crippen LogP contribution is 2.13. The molecule has 0 saturated heterocycles. The largest absolute Gasteiger partial charge is 0.508 e. The van der Waals surface area contributed by atoms with Crippen LogP contribution in [0.5, 0.6) is 5.75 Å². The second-order valence-electron chi connectivity index (χ2n) is 9.76. The van der Waals surface area contributed by atoms with E-state index in [1.54, 1.807) is 39.1 Å². The normalized spacial score (nSPS) is 15.1. The van der Waals surface area contributed by atoms with E-state index in [9.17, 15) is 29.4 Å². The molecule has 8 N–H and O–H groups in total. The Labute approximate surface area is 221 Å². The van der Waals surface area contributed by atoms with Crippen LogP contribution in [0.2, 0.25) is 0 Å². The van der Waals surface area contributed by atoms with Crippen molar-refractivity contribution in [1.82, 2.24) is 25.9 Å². The number of nitrogens with zero attached hydrogens (tertiary/aromatic N) is 1. The fraction of sp³-hybridized carbons (Fsp3) is 0.500. The summed E-state index contributed by atoms with van der Waals surface area (Å²) in [6.07, 6.45) is 3.80. The number of rotatable bonds is 14. The molecule has 0 bridgehead atoms. The molecule has 5 unspecified atom stereocenters. The third-order valence-electron chi connectivity index (χ3n) is 6.36. The molecule has 1 aromatic carbocycles. The van der Waals surface area contributed by atoms with Crippen molar-refractivity contribution in [2.45, 2.75) is 71.1 Å². The van der Waals surface area contributed by atoms with Gasteiger partial charge in [-0.1, -0.05) is 46.2 Å². The zero-order chi connectivity index (χ0) is 28.4. The maximum absolute atomic E-state index is 13.3. The maximum atomic E-state index is 13.3. The molecule has 2 aromatic rings. The highest BCUT2D eigenvalue weighted by atomic mass is 16.4. The standard InChI is InChI=1S/C26H38N6O6/c1-5-15(4)22(32-23(34)19(27)11-17-12-28-13-29-17)25(36)31-21(14(2)3)24(35)30-20(26(37)38)10-16-6-8-18(33)9-7-16/h6-9,12-15,19-22,33H,5,10-11,27H2,1-4H3,(H,28,29)(H,30,35)(H,31,36)(H,32,34)(H,37,38). The Morgan fingerprint density at radius 2 is 1.55 bits per heavy atom. The summed E-state index contributed by atoms with van der Waals surface area (Å²) in [5, 5.41) is 27.0. The summed E-state index contributed by atoms with van der Waals surface area (Å²) in [5.74, 6) is -3.60. The van der Waals surface area contributed by atoms with Crippen molar-refractivity contribution in [3.05, 3.63) is 48.0 Å². The van der Waals surface area contributed by atoms with Crippen LogP contribution in [0.4, 0.5) is 0 Å². The zero-order valence-corrected chi connectivity index (χ0v) is 22.1. The number of aromatic amines is 1. The van der Waals surface area contributed by atoms with Crippen molar-refractivity contribution < 1.29 is 29.4 Å². The summed E-state index contributed by atoms with van der Waals surface area (Å²) >= 11 is 0. The predicted octanol–water partition coefficient (Wildman–Crippen LogP) is 0.469. The fourth-order valence-electron chi connectivity index (χ4n) is 3.80. The van der Waals surface area contributed by atoms with Crippen LogP contribution < -0.4 is 21.7 Å². The van der Waals surface area contributed by atoms with Crippen molar-refractivity contribution in [3.8, 4) is 5.75 Å². The van der Waals surface area contributed by atoms with Crippen molar-refractivity contribution in [1.29, 1.82) is 0 Å². The van der Waals surface area contributed by atoms with E-state index in [2.05, 4.69) is 25.9 Å². The summed E-state index contributed by atoms with van der Waals surface area (Å²) in [5.41, 5.74) is 7.30. The van der Waals surface area contributed by atoms with Gasteiger partial charge in [0.1, 0.15) is 23.9 Å². The third kappa shape index (κ3) is 8.87. The van der Waals surface area contributed by atoms with Gasteiger partial charge in [0.25, 0.3) is 0 Å². The number of aromatic hydroxyl groups is 1. The van der Waals surface area contributed by atoms with Crippen LogP contribution in [-0.4, -0.2) is 68.0 Å². The molecular formula is C26H38N6O6. The van der Waals surface area contributed by atoms with Gasteiger partial charge >= 0.3 is 5.97 Å². The van der Waals surface area contributed by atoms with Gasteiger partial charge in [-0.2, -0.15) is 0 Å². The number of carbonyl (C=O) groups is 4. The first kappa shape index (κ1) is 30.3. The van der Waals surface area contributed by atoms with E-state index >= 15 is 0 Å². The molecule has 0 saturated carbocycles. The minimum absolute atomic E-state index is 0.0140. The molecule has 1 heterocycles. The van der Waals surface area contributed by atoms with Crippen molar-refractivity contribution in [2.24, 2.45) is 17.6 Å². The third-order valence-corrected chi connectivity index (χ3v) is 6.36. The SMILES string of the molecule is CCC(C)C(NC(=O)C(N)Cc1cnc[nH]1)C(=O)NC(C(=O)NC(Cc1ccc(O)cc1)C(=O)O)C(C)C. The van der Waals surface area contributed by atoms with Crippen LogP contribution in [0.1, 0.15) is 45.4 Å². The summed E-state index contributed by atoms with van der Waals surface area (Å²) < 4.78 is 0. The Hall–Kier alpha value is -3.93. The fourth-order valence-corrected chi connectivity index (χ4v) is 3.80. The lowest BCUT2D eigenvalue weighted by atomic mass is 9.95. The molecule has 0 aliphatic heterocycles. The number of H-pyrrole nitrogens is 1. The van der Waals surface area contributed by atoms with Crippen LogP contribution in [0, 0.1) is 11.8 Å². The highest BCUT2D eigenvalue weighted by Gasteiger charge is 2.33. The van der Waals surface area contributed by atoms with E-state index in [0.717, 1.165) is 0 Å². The molecule has 5 atom stereocenters. The highest BCUT2D eigenvalue weighted by molar-refractivity contribution is 5.94. The summed E-state index contributed by atoms with van der Waals surface area (Å²) in [4.78, 5) is 57.8.